The number of allylic oxidation sites excluding steroid dienone is 2. The Morgan fingerprint density at radius 3 is 2.05 bits per heavy atom. The number of benzene rings is 1. The predicted molar refractivity (Wildman–Crippen MR) is 75.1 cm³/mol. The molecule has 0 bridgehead atoms. The molecule has 0 N–H and O–H groups in total. The van der Waals surface area contributed by atoms with Crippen molar-refractivity contribution < 1.29 is 9.59 Å². The van der Waals surface area contributed by atoms with Gasteiger partial charge in [-0.2, -0.15) is 0 Å². The van der Waals surface area contributed by atoms with Crippen molar-refractivity contribution in [2.75, 3.05) is 0 Å². The lowest BCUT2D eigenvalue weighted by molar-refractivity contribution is -0.140. The van der Waals surface area contributed by atoms with Crippen LogP contribution in [-0.4, -0.2) is 16.7 Å². The molecule has 98 valence electrons. The molecule has 0 unspecified atom stereocenters. The van der Waals surface area contributed by atoms with E-state index in [2.05, 4.69) is 15.9 Å². The van der Waals surface area contributed by atoms with Gasteiger partial charge in [0.25, 0.3) is 0 Å². The fourth-order valence-corrected chi connectivity index (χ4v) is 3.06. The number of halogens is 1. The van der Waals surface area contributed by atoms with Gasteiger partial charge in [-0.1, -0.05) is 40.2 Å². The van der Waals surface area contributed by atoms with Crippen molar-refractivity contribution in [1.29, 1.82) is 0 Å². The number of nitrogens with zero attached hydrogens (tertiary/aromatic N) is 1. The first-order valence-corrected chi connectivity index (χ1v) is 7.21. The zero-order valence-electron chi connectivity index (χ0n) is 10.4. The lowest BCUT2D eigenvalue weighted by atomic mass is 9.85. The maximum absolute atomic E-state index is 12.3. The van der Waals surface area contributed by atoms with E-state index in [1.807, 2.05) is 36.4 Å². The molecule has 1 fully saturated rings. The third-order valence-corrected chi connectivity index (χ3v) is 4.38. The van der Waals surface area contributed by atoms with Crippen molar-refractivity contribution in [3.05, 3.63) is 46.5 Å². The summed E-state index contributed by atoms with van der Waals surface area (Å²) in [6.07, 6.45) is 5.42. The number of hydrogen-bond acceptors (Lipinski definition) is 2. The van der Waals surface area contributed by atoms with E-state index in [1.54, 1.807) is 0 Å². The number of hydrogen-bond donors (Lipinski definition) is 0. The number of carbonyl (C=O) groups excluding carboxylic acids is 2. The first-order chi connectivity index (χ1) is 9.16. The van der Waals surface area contributed by atoms with E-state index in [1.165, 1.54) is 4.90 Å². The summed E-state index contributed by atoms with van der Waals surface area (Å²) in [6.45, 7) is 0.387. The van der Waals surface area contributed by atoms with Gasteiger partial charge in [0.1, 0.15) is 0 Å². The summed E-state index contributed by atoms with van der Waals surface area (Å²) >= 11 is 3.38. The molecule has 2 amide bonds. The first kappa shape index (κ1) is 12.6. The minimum Gasteiger partial charge on any atom is -0.278 e. The normalized spacial score (nSPS) is 25.8. The van der Waals surface area contributed by atoms with Crippen LogP contribution in [-0.2, 0) is 16.1 Å². The van der Waals surface area contributed by atoms with E-state index < -0.39 is 0 Å². The van der Waals surface area contributed by atoms with Gasteiger partial charge >= 0.3 is 0 Å². The number of carbonyl (C=O) groups is 2. The second-order valence-corrected chi connectivity index (χ2v) is 5.96. The summed E-state index contributed by atoms with van der Waals surface area (Å²) < 4.78 is 0.994. The molecule has 1 aliphatic heterocycles. The monoisotopic (exact) mass is 319 g/mol. The number of rotatable bonds is 2. The van der Waals surface area contributed by atoms with Crippen molar-refractivity contribution in [1.82, 2.24) is 4.90 Å². The lowest BCUT2D eigenvalue weighted by Gasteiger charge is -2.14. The fraction of sp³-hybridized carbons (Fsp3) is 0.333. The van der Waals surface area contributed by atoms with E-state index in [0.29, 0.717) is 19.4 Å². The van der Waals surface area contributed by atoms with Crippen molar-refractivity contribution >= 4 is 27.7 Å². The van der Waals surface area contributed by atoms with Crippen LogP contribution >= 0.6 is 15.9 Å². The van der Waals surface area contributed by atoms with Crippen LogP contribution in [0.4, 0.5) is 0 Å². The van der Waals surface area contributed by atoms with Gasteiger partial charge in [-0.3, -0.25) is 14.5 Å². The Bertz CT molecular complexity index is 524. The SMILES string of the molecule is O=C1[C@H]2CC=CC[C@H]2C(=O)N1Cc1ccc(Br)cc1. The fourth-order valence-electron chi connectivity index (χ4n) is 2.80. The van der Waals surface area contributed by atoms with Gasteiger partial charge in [0.2, 0.25) is 11.8 Å². The van der Waals surface area contributed by atoms with Crippen LogP contribution in [0.25, 0.3) is 0 Å². The second-order valence-electron chi connectivity index (χ2n) is 5.04. The van der Waals surface area contributed by atoms with E-state index in [4.69, 9.17) is 0 Å². The van der Waals surface area contributed by atoms with E-state index in [0.717, 1.165) is 10.0 Å². The van der Waals surface area contributed by atoms with Gasteiger partial charge in [-0.25, -0.2) is 0 Å². The highest BCUT2D eigenvalue weighted by atomic mass is 79.9. The lowest BCUT2D eigenvalue weighted by Crippen LogP contribution is -2.30. The third kappa shape index (κ3) is 2.25. The Labute approximate surface area is 120 Å². The molecule has 1 heterocycles. The Hall–Kier alpha value is -1.42. The standard InChI is InChI=1S/C15H14BrNO2/c16-11-7-5-10(6-8-11)9-17-14(18)12-3-1-2-4-13(12)15(17)19/h1-2,5-8,12-13H,3-4,9H2/t12-,13+. The van der Waals surface area contributed by atoms with Crippen LogP contribution in [0, 0.1) is 11.8 Å². The highest BCUT2D eigenvalue weighted by molar-refractivity contribution is 9.10. The van der Waals surface area contributed by atoms with Crippen molar-refractivity contribution in [3.63, 3.8) is 0 Å². The average molecular weight is 320 g/mol. The summed E-state index contributed by atoms with van der Waals surface area (Å²) in [5.41, 5.74) is 0.983. The largest absolute Gasteiger partial charge is 0.278 e. The number of imide groups is 1. The average Bonchev–Trinajstić information content (AvgIpc) is 2.67. The van der Waals surface area contributed by atoms with Crippen molar-refractivity contribution in [2.24, 2.45) is 11.8 Å². The maximum atomic E-state index is 12.3. The number of likely N-dealkylation sites (tertiary alicyclic amines) is 1. The Morgan fingerprint density at radius 2 is 1.53 bits per heavy atom. The molecule has 3 nitrogen and oxygen atoms in total. The zero-order chi connectivity index (χ0) is 13.4. The van der Waals surface area contributed by atoms with Gasteiger partial charge < -0.3 is 0 Å². The molecule has 2 atom stereocenters. The Kier molecular flexibility index (Phi) is 3.27. The minimum absolute atomic E-state index is 0.0118. The maximum Gasteiger partial charge on any atom is 0.233 e. The van der Waals surface area contributed by atoms with Crippen LogP contribution in [0.1, 0.15) is 18.4 Å². The molecule has 1 aliphatic carbocycles. The predicted octanol–water partition coefficient (Wildman–Crippen LogP) is 2.90. The van der Waals surface area contributed by atoms with Gasteiger partial charge in [0.05, 0.1) is 18.4 Å². The molecule has 1 saturated heterocycles. The third-order valence-electron chi connectivity index (χ3n) is 3.85. The van der Waals surface area contributed by atoms with Gasteiger partial charge in [-0.15, -0.1) is 0 Å². The van der Waals surface area contributed by atoms with Crippen LogP contribution in [0.5, 0.6) is 0 Å². The summed E-state index contributed by atoms with van der Waals surface area (Å²) in [6, 6.07) is 7.72. The quantitative estimate of drug-likeness (QED) is 0.621. The summed E-state index contributed by atoms with van der Waals surface area (Å²) in [4.78, 5) is 26.0. The smallest absolute Gasteiger partial charge is 0.233 e. The first-order valence-electron chi connectivity index (χ1n) is 6.41. The topological polar surface area (TPSA) is 37.4 Å². The van der Waals surface area contributed by atoms with E-state index in [9.17, 15) is 9.59 Å². The number of amides is 2. The van der Waals surface area contributed by atoms with Gasteiger partial charge in [0, 0.05) is 4.47 Å². The highest BCUT2D eigenvalue weighted by Gasteiger charge is 2.46. The molecule has 1 aromatic rings. The molecule has 3 rings (SSSR count). The van der Waals surface area contributed by atoms with E-state index >= 15 is 0 Å². The highest BCUT2D eigenvalue weighted by Crippen LogP contribution is 2.35. The van der Waals surface area contributed by atoms with Crippen molar-refractivity contribution in [2.45, 2.75) is 19.4 Å². The van der Waals surface area contributed by atoms with Crippen LogP contribution in [0.3, 0.4) is 0 Å². The molecule has 19 heavy (non-hydrogen) atoms. The van der Waals surface area contributed by atoms with Crippen LogP contribution < -0.4 is 0 Å². The van der Waals surface area contributed by atoms with Gasteiger partial charge in [-0.05, 0) is 30.5 Å². The van der Waals surface area contributed by atoms with Crippen LogP contribution in [0.15, 0.2) is 40.9 Å². The van der Waals surface area contributed by atoms with Crippen molar-refractivity contribution in [3.8, 4) is 0 Å². The number of fused-ring (bicyclic) bond motifs is 1. The molecular formula is C15H14BrNO2. The van der Waals surface area contributed by atoms with E-state index in [-0.39, 0.29) is 23.7 Å². The molecule has 0 aromatic heterocycles. The molecule has 1 aromatic carbocycles. The Morgan fingerprint density at radius 1 is 1.00 bits per heavy atom. The molecule has 0 spiro atoms. The molecular weight excluding hydrogens is 306 g/mol. The zero-order valence-corrected chi connectivity index (χ0v) is 12.0. The van der Waals surface area contributed by atoms with Crippen LogP contribution in [0.2, 0.25) is 0 Å². The summed E-state index contributed by atoms with van der Waals surface area (Å²) in [7, 11) is 0. The summed E-state index contributed by atoms with van der Waals surface area (Å²) in [5, 5.41) is 0. The molecule has 4 heteroatoms. The minimum atomic E-state index is -0.132. The molecule has 2 aliphatic rings. The molecule has 0 saturated carbocycles. The summed E-state index contributed by atoms with van der Waals surface area (Å²) in [5.74, 6) is -0.287. The molecule has 0 radical (unpaired) electrons. The van der Waals surface area contributed by atoms with Gasteiger partial charge in [0.15, 0.2) is 0 Å². The second kappa shape index (κ2) is 4.93. The Balaban J connectivity index is 1.80.